The molecule has 0 aromatic heterocycles. The van der Waals surface area contributed by atoms with Gasteiger partial charge in [0.1, 0.15) is 6.54 Å². The Labute approximate surface area is 186 Å². The molecular weight excluding hydrogens is 404 g/mol. The van der Waals surface area contributed by atoms with E-state index in [0.29, 0.717) is 29.2 Å². The lowest BCUT2D eigenvalue weighted by molar-refractivity contribution is -0.120. The van der Waals surface area contributed by atoms with Crippen molar-refractivity contribution in [3.8, 4) is 0 Å². The van der Waals surface area contributed by atoms with E-state index < -0.39 is 0 Å². The molecule has 3 aromatic carbocycles. The molecule has 0 aliphatic carbocycles. The van der Waals surface area contributed by atoms with Gasteiger partial charge in [-0.25, -0.2) is 0 Å². The predicted molar refractivity (Wildman–Crippen MR) is 125 cm³/mol. The molecule has 3 aromatic rings. The first-order valence-corrected chi connectivity index (χ1v) is 10.5. The summed E-state index contributed by atoms with van der Waals surface area (Å²) < 4.78 is 0. The van der Waals surface area contributed by atoms with Gasteiger partial charge in [0.15, 0.2) is 0 Å². The fourth-order valence-electron chi connectivity index (χ4n) is 3.62. The van der Waals surface area contributed by atoms with Crippen molar-refractivity contribution in [2.45, 2.75) is 6.42 Å². The minimum absolute atomic E-state index is 0.0425. The van der Waals surface area contributed by atoms with Crippen molar-refractivity contribution >= 4 is 34.8 Å². The van der Waals surface area contributed by atoms with E-state index in [0.717, 1.165) is 12.0 Å². The molecular formula is C25H24N4O3. The predicted octanol–water partition coefficient (Wildman–Crippen LogP) is 3.06. The number of benzene rings is 3. The van der Waals surface area contributed by atoms with Crippen LogP contribution < -0.4 is 20.9 Å². The lowest BCUT2D eigenvalue weighted by Crippen LogP contribution is -2.44. The summed E-state index contributed by atoms with van der Waals surface area (Å²) in [6, 6.07) is 24.2. The quantitative estimate of drug-likeness (QED) is 0.540. The Kier molecular flexibility index (Phi) is 6.46. The second-order valence-corrected chi connectivity index (χ2v) is 7.44. The molecule has 0 fully saturated rings. The third kappa shape index (κ3) is 4.95. The van der Waals surface area contributed by atoms with E-state index in [1.54, 1.807) is 42.5 Å². The van der Waals surface area contributed by atoms with Crippen LogP contribution in [0.3, 0.4) is 0 Å². The largest absolute Gasteiger partial charge is 0.375 e. The van der Waals surface area contributed by atoms with Gasteiger partial charge in [-0.1, -0.05) is 54.6 Å². The molecule has 7 heteroatoms. The molecule has 0 spiro atoms. The van der Waals surface area contributed by atoms with E-state index >= 15 is 0 Å². The number of amides is 3. The first-order valence-electron chi connectivity index (χ1n) is 10.5. The summed E-state index contributed by atoms with van der Waals surface area (Å²) in [7, 11) is 0. The summed E-state index contributed by atoms with van der Waals surface area (Å²) in [5.41, 5.74) is 3.44. The van der Waals surface area contributed by atoms with Gasteiger partial charge in [0, 0.05) is 12.2 Å². The van der Waals surface area contributed by atoms with E-state index in [1.165, 1.54) is 4.90 Å². The number of hydrogen-bond donors (Lipinski definition) is 3. The summed E-state index contributed by atoms with van der Waals surface area (Å²) in [5.74, 6) is -0.707. The molecule has 0 saturated heterocycles. The van der Waals surface area contributed by atoms with Crippen molar-refractivity contribution < 1.29 is 14.4 Å². The molecule has 3 N–H and O–H groups in total. The first-order chi connectivity index (χ1) is 15.6. The van der Waals surface area contributed by atoms with Crippen molar-refractivity contribution in [2.75, 3.05) is 35.2 Å². The van der Waals surface area contributed by atoms with Gasteiger partial charge in [-0.05, 0) is 36.2 Å². The van der Waals surface area contributed by atoms with Crippen LogP contribution in [-0.2, 0) is 16.0 Å². The Hall–Kier alpha value is -4.13. The summed E-state index contributed by atoms with van der Waals surface area (Å²) in [6.45, 7) is 0.421. The van der Waals surface area contributed by atoms with Crippen molar-refractivity contribution in [3.63, 3.8) is 0 Å². The summed E-state index contributed by atoms with van der Waals surface area (Å²) in [6.07, 6.45) is 0.733. The molecule has 7 nitrogen and oxygen atoms in total. The maximum atomic E-state index is 12.9. The van der Waals surface area contributed by atoms with Crippen LogP contribution in [0.2, 0.25) is 0 Å². The Morgan fingerprint density at radius 3 is 2.47 bits per heavy atom. The van der Waals surface area contributed by atoms with Crippen LogP contribution in [0.15, 0.2) is 78.9 Å². The number of carbonyl (C=O) groups is 3. The van der Waals surface area contributed by atoms with Crippen LogP contribution in [0.25, 0.3) is 0 Å². The fourth-order valence-corrected chi connectivity index (χ4v) is 3.62. The second kappa shape index (κ2) is 9.78. The van der Waals surface area contributed by atoms with Gasteiger partial charge < -0.3 is 16.0 Å². The second-order valence-electron chi connectivity index (χ2n) is 7.44. The molecule has 32 heavy (non-hydrogen) atoms. The maximum Gasteiger partial charge on any atom is 0.253 e. The molecule has 1 heterocycles. The normalized spacial score (nSPS) is 12.5. The van der Waals surface area contributed by atoms with Gasteiger partial charge in [-0.2, -0.15) is 0 Å². The number of anilines is 3. The Morgan fingerprint density at radius 2 is 1.62 bits per heavy atom. The van der Waals surface area contributed by atoms with Crippen molar-refractivity contribution in [1.29, 1.82) is 0 Å². The highest BCUT2D eigenvalue weighted by molar-refractivity contribution is 6.11. The Morgan fingerprint density at radius 1 is 0.906 bits per heavy atom. The van der Waals surface area contributed by atoms with Crippen LogP contribution >= 0.6 is 0 Å². The standard InChI is InChI=1S/C25H24N4O3/c30-23-17-29(22-13-7-6-12-21(22)28-23)24(31)16-27-20-11-5-4-10-19(20)25(32)26-15-14-18-8-2-1-3-9-18/h1-13,27H,14-17H2,(H,26,32)(H,28,30). The third-order valence-corrected chi connectivity index (χ3v) is 5.22. The lowest BCUT2D eigenvalue weighted by atomic mass is 10.1. The molecule has 4 rings (SSSR count). The molecule has 3 amide bonds. The highest BCUT2D eigenvalue weighted by atomic mass is 16.2. The van der Waals surface area contributed by atoms with Crippen LogP contribution in [0.1, 0.15) is 15.9 Å². The van der Waals surface area contributed by atoms with Gasteiger partial charge in [0.2, 0.25) is 11.8 Å². The van der Waals surface area contributed by atoms with E-state index in [9.17, 15) is 14.4 Å². The zero-order valence-corrected chi connectivity index (χ0v) is 17.5. The molecule has 0 atom stereocenters. The van der Waals surface area contributed by atoms with Gasteiger partial charge in [-0.15, -0.1) is 0 Å². The zero-order chi connectivity index (χ0) is 22.3. The smallest absolute Gasteiger partial charge is 0.253 e. The third-order valence-electron chi connectivity index (χ3n) is 5.22. The summed E-state index contributed by atoms with van der Waals surface area (Å²) in [4.78, 5) is 39.0. The molecule has 1 aliphatic rings. The highest BCUT2D eigenvalue weighted by Crippen LogP contribution is 2.29. The number of nitrogens with one attached hydrogen (secondary N) is 3. The number of fused-ring (bicyclic) bond motifs is 1. The Balaban J connectivity index is 1.38. The number of carbonyl (C=O) groups excluding carboxylic acids is 3. The molecule has 162 valence electrons. The lowest BCUT2D eigenvalue weighted by Gasteiger charge is -2.29. The van der Waals surface area contributed by atoms with Gasteiger partial charge in [0.25, 0.3) is 5.91 Å². The highest BCUT2D eigenvalue weighted by Gasteiger charge is 2.26. The number of rotatable bonds is 7. The summed E-state index contributed by atoms with van der Waals surface area (Å²) in [5, 5.41) is 8.76. The zero-order valence-electron chi connectivity index (χ0n) is 17.5. The molecule has 0 saturated carbocycles. The minimum Gasteiger partial charge on any atom is -0.375 e. The minimum atomic E-state index is -0.258. The fraction of sp³-hybridized carbons (Fsp3) is 0.160. The van der Waals surface area contributed by atoms with Gasteiger partial charge in [-0.3, -0.25) is 19.3 Å². The number of nitrogens with zero attached hydrogens (tertiary/aromatic N) is 1. The monoisotopic (exact) mass is 428 g/mol. The van der Waals surface area contributed by atoms with Crippen LogP contribution in [-0.4, -0.2) is 37.4 Å². The maximum absolute atomic E-state index is 12.9. The van der Waals surface area contributed by atoms with Crippen molar-refractivity contribution in [2.24, 2.45) is 0 Å². The van der Waals surface area contributed by atoms with Crippen molar-refractivity contribution in [3.05, 3.63) is 90.0 Å². The average Bonchev–Trinajstić information content (AvgIpc) is 2.82. The van der Waals surface area contributed by atoms with Gasteiger partial charge in [0.05, 0.1) is 23.5 Å². The van der Waals surface area contributed by atoms with Crippen molar-refractivity contribution in [1.82, 2.24) is 5.32 Å². The van der Waals surface area contributed by atoms with Crippen LogP contribution in [0.4, 0.5) is 17.1 Å². The topological polar surface area (TPSA) is 90.5 Å². The number of hydrogen-bond acceptors (Lipinski definition) is 4. The first kappa shape index (κ1) is 21.1. The number of para-hydroxylation sites is 3. The van der Waals surface area contributed by atoms with E-state index in [2.05, 4.69) is 16.0 Å². The molecule has 0 bridgehead atoms. The molecule has 1 aliphatic heterocycles. The van der Waals surface area contributed by atoms with Gasteiger partial charge >= 0.3 is 0 Å². The average molecular weight is 428 g/mol. The van der Waals surface area contributed by atoms with E-state index in [-0.39, 0.29) is 30.8 Å². The molecule has 0 radical (unpaired) electrons. The SMILES string of the molecule is O=C1CN(C(=O)CNc2ccccc2C(=O)NCCc2ccccc2)c2ccccc2N1. The van der Waals surface area contributed by atoms with E-state index in [4.69, 9.17) is 0 Å². The van der Waals surface area contributed by atoms with Crippen LogP contribution in [0.5, 0.6) is 0 Å². The summed E-state index contributed by atoms with van der Waals surface area (Å²) >= 11 is 0. The molecule has 0 unspecified atom stereocenters. The van der Waals surface area contributed by atoms with Crippen LogP contribution in [0, 0.1) is 0 Å². The Bertz CT molecular complexity index is 1130. The van der Waals surface area contributed by atoms with E-state index in [1.807, 2.05) is 36.4 Å².